The zero-order valence-electron chi connectivity index (χ0n) is 12.6. The second-order valence-corrected chi connectivity index (χ2v) is 5.89. The van der Waals surface area contributed by atoms with E-state index in [2.05, 4.69) is 5.32 Å². The molecule has 0 bridgehead atoms. The third-order valence-corrected chi connectivity index (χ3v) is 4.16. The number of methoxy groups -OCH3 is 1. The largest absolute Gasteiger partial charge is 0.493 e. The molecule has 8 heteroatoms. The van der Waals surface area contributed by atoms with Crippen molar-refractivity contribution in [1.29, 1.82) is 0 Å². The van der Waals surface area contributed by atoms with E-state index in [0.717, 1.165) is 0 Å². The van der Waals surface area contributed by atoms with Gasteiger partial charge in [0.05, 0.1) is 22.7 Å². The SMILES string of the molecule is COc1ccccc1OCC(=O)Nc1cccc(Cl)c1SC(F)F. The Morgan fingerprint density at radius 3 is 2.58 bits per heavy atom. The summed E-state index contributed by atoms with van der Waals surface area (Å²) in [6, 6.07) is 11.4. The van der Waals surface area contributed by atoms with Gasteiger partial charge in [-0.1, -0.05) is 41.6 Å². The molecule has 0 unspecified atom stereocenters. The van der Waals surface area contributed by atoms with Gasteiger partial charge in [0, 0.05) is 0 Å². The third-order valence-electron chi connectivity index (χ3n) is 2.88. The maximum atomic E-state index is 12.6. The number of para-hydroxylation sites is 2. The molecule has 24 heavy (non-hydrogen) atoms. The van der Waals surface area contributed by atoms with Gasteiger partial charge in [-0.15, -0.1) is 0 Å². The van der Waals surface area contributed by atoms with Crippen molar-refractivity contribution in [3.05, 3.63) is 47.5 Å². The molecule has 2 aromatic rings. The maximum absolute atomic E-state index is 12.6. The van der Waals surface area contributed by atoms with Crippen molar-refractivity contribution in [3.63, 3.8) is 0 Å². The van der Waals surface area contributed by atoms with Crippen LogP contribution in [0.3, 0.4) is 0 Å². The molecule has 2 rings (SSSR count). The second-order valence-electron chi connectivity index (χ2n) is 4.48. The average molecular weight is 374 g/mol. The summed E-state index contributed by atoms with van der Waals surface area (Å²) in [6.45, 7) is -0.300. The number of ether oxygens (including phenoxy) is 2. The summed E-state index contributed by atoms with van der Waals surface area (Å²) in [4.78, 5) is 12.1. The highest BCUT2D eigenvalue weighted by atomic mass is 35.5. The first-order chi connectivity index (χ1) is 11.5. The van der Waals surface area contributed by atoms with Crippen LogP contribution in [0.1, 0.15) is 0 Å². The predicted molar refractivity (Wildman–Crippen MR) is 90.4 cm³/mol. The number of hydrogen-bond acceptors (Lipinski definition) is 4. The van der Waals surface area contributed by atoms with E-state index in [4.69, 9.17) is 21.1 Å². The van der Waals surface area contributed by atoms with Crippen LogP contribution in [0.2, 0.25) is 5.02 Å². The fraction of sp³-hybridized carbons (Fsp3) is 0.188. The predicted octanol–water partition coefficient (Wildman–Crippen LogP) is 4.68. The van der Waals surface area contributed by atoms with Gasteiger partial charge in [-0.2, -0.15) is 8.78 Å². The van der Waals surface area contributed by atoms with Crippen molar-refractivity contribution in [3.8, 4) is 11.5 Å². The summed E-state index contributed by atoms with van der Waals surface area (Å²) < 4.78 is 35.7. The van der Waals surface area contributed by atoms with E-state index in [0.29, 0.717) is 11.5 Å². The molecule has 0 fully saturated rings. The number of carbonyl (C=O) groups excluding carboxylic acids is 1. The molecule has 1 N–H and O–H groups in total. The van der Waals surface area contributed by atoms with Crippen LogP contribution in [0.4, 0.5) is 14.5 Å². The summed E-state index contributed by atoms with van der Waals surface area (Å²) in [7, 11) is 1.49. The molecule has 0 radical (unpaired) electrons. The van der Waals surface area contributed by atoms with Crippen LogP contribution in [0.5, 0.6) is 11.5 Å². The van der Waals surface area contributed by atoms with Crippen LogP contribution < -0.4 is 14.8 Å². The Labute approximate surface area is 147 Å². The Bertz CT molecular complexity index is 715. The van der Waals surface area contributed by atoms with Crippen molar-refractivity contribution in [1.82, 2.24) is 0 Å². The lowest BCUT2D eigenvalue weighted by atomic mass is 10.3. The van der Waals surface area contributed by atoms with Gasteiger partial charge in [-0.3, -0.25) is 4.79 Å². The van der Waals surface area contributed by atoms with E-state index in [1.54, 1.807) is 30.3 Å². The molecule has 0 heterocycles. The zero-order valence-corrected chi connectivity index (χ0v) is 14.2. The van der Waals surface area contributed by atoms with E-state index in [1.807, 2.05) is 0 Å². The highest BCUT2D eigenvalue weighted by Crippen LogP contribution is 2.37. The first-order valence-corrected chi connectivity index (χ1v) is 8.06. The number of amides is 1. The Morgan fingerprint density at radius 1 is 1.21 bits per heavy atom. The fourth-order valence-corrected chi connectivity index (χ4v) is 2.80. The molecule has 0 spiro atoms. The molecular formula is C16H14ClF2NO3S. The first-order valence-electron chi connectivity index (χ1n) is 6.80. The molecule has 1 amide bonds. The molecule has 0 aliphatic carbocycles. The number of nitrogens with one attached hydrogen (secondary N) is 1. The first kappa shape index (κ1) is 18.4. The molecule has 0 aromatic heterocycles. The van der Waals surface area contributed by atoms with Crippen LogP contribution in [0.15, 0.2) is 47.4 Å². The minimum Gasteiger partial charge on any atom is -0.493 e. The number of thioether (sulfide) groups is 1. The molecule has 0 aliphatic heterocycles. The van der Waals surface area contributed by atoms with Crippen molar-refractivity contribution in [2.45, 2.75) is 10.7 Å². The fourth-order valence-electron chi connectivity index (χ4n) is 1.88. The lowest BCUT2D eigenvalue weighted by Gasteiger charge is -2.13. The van der Waals surface area contributed by atoms with Crippen LogP contribution in [-0.4, -0.2) is 25.4 Å². The van der Waals surface area contributed by atoms with Crippen molar-refractivity contribution in [2.24, 2.45) is 0 Å². The number of hydrogen-bond donors (Lipinski definition) is 1. The summed E-state index contributed by atoms with van der Waals surface area (Å²) in [6.07, 6.45) is 0. The number of anilines is 1. The van der Waals surface area contributed by atoms with E-state index >= 15 is 0 Å². The normalized spacial score (nSPS) is 10.5. The van der Waals surface area contributed by atoms with Gasteiger partial charge in [0.2, 0.25) is 0 Å². The molecule has 0 aliphatic rings. The van der Waals surface area contributed by atoms with Gasteiger partial charge in [0.15, 0.2) is 18.1 Å². The zero-order chi connectivity index (χ0) is 17.5. The smallest absolute Gasteiger partial charge is 0.289 e. The number of alkyl halides is 2. The summed E-state index contributed by atoms with van der Waals surface area (Å²) in [5, 5.41) is 2.66. The quantitative estimate of drug-likeness (QED) is 0.716. The summed E-state index contributed by atoms with van der Waals surface area (Å²) in [5.41, 5.74) is 0.210. The van der Waals surface area contributed by atoms with Crippen molar-refractivity contribution < 1.29 is 23.0 Å². The maximum Gasteiger partial charge on any atom is 0.289 e. The van der Waals surface area contributed by atoms with Gasteiger partial charge in [0.25, 0.3) is 11.7 Å². The van der Waals surface area contributed by atoms with Crippen LogP contribution in [0, 0.1) is 0 Å². The monoisotopic (exact) mass is 373 g/mol. The standard InChI is InChI=1S/C16H14ClF2NO3S/c1-22-12-7-2-3-8-13(12)23-9-14(21)20-11-6-4-5-10(17)15(11)24-16(18)19/h2-8,16H,9H2,1H3,(H,20,21). The molecule has 0 saturated carbocycles. The molecule has 0 saturated heterocycles. The number of rotatable bonds is 7. The van der Waals surface area contributed by atoms with Gasteiger partial charge in [0.1, 0.15) is 0 Å². The Balaban J connectivity index is 2.04. The molecular weight excluding hydrogens is 360 g/mol. The molecule has 2 aromatic carbocycles. The van der Waals surface area contributed by atoms with E-state index in [-0.39, 0.29) is 34.0 Å². The summed E-state index contributed by atoms with van der Waals surface area (Å²) in [5.74, 6) is -2.25. The molecule has 4 nitrogen and oxygen atoms in total. The Morgan fingerprint density at radius 2 is 1.92 bits per heavy atom. The average Bonchev–Trinajstić information content (AvgIpc) is 2.56. The second kappa shape index (κ2) is 8.75. The van der Waals surface area contributed by atoms with E-state index in [1.165, 1.54) is 19.2 Å². The lowest BCUT2D eigenvalue weighted by molar-refractivity contribution is -0.118. The highest BCUT2D eigenvalue weighted by Gasteiger charge is 2.16. The van der Waals surface area contributed by atoms with Gasteiger partial charge in [-0.25, -0.2) is 0 Å². The molecule has 128 valence electrons. The molecule has 0 atom stereocenters. The van der Waals surface area contributed by atoms with Crippen LogP contribution in [0.25, 0.3) is 0 Å². The summed E-state index contributed by atoms with van der Waals surface area (Å²) >= 11 is 6.19. The minimum atomic E-state index is -2.65. The van der Waals surface area contributed by atoms with Gasteiger partial charge < -0.3 is 14.8 Å². The van der Waals surface area contributed by atoms with Crippen LogP contribution >= 0.6 is 23.4 Å². The minimum absolute atomic E-state index is 0.111. The highest BCUT2D eigenvalue weighted by molar-refractivity contribution is 7.99. The van der Waals surface area contributed by atoms with Crippen molar-refractivity contribution in [2.75, 3.05) is 19.0 Å². The topological polar surface area (TPSA) is 47.6 Å². The Kier molecular flexibility index (Phi) is 6.69. The van der Waals surface area contributed by atoms with Crippen molar-refractivity contribution >= 4 is 35.0 Å². The number of halogens is 3. The lowest BCUT2D eigenvalue weighted by Crippen LogP contribution is -2.20. The van der Waals surface area contributed by atoms with E-state index < -0.39 is 11.7 Å². The van der Waals surface area contributed by atoms with Crippen LogP contribution in [-0.2, 0) is 4.79 Å². The number of benzene rings is 2. The Hall–Kier alpha value is -1.99. The van der Waals surface area contributed by atoms with E-state index in [9.17, 15) is 13.6 Å². The van der Waals surface area contributed by atoms with Gasteiger partial charge >= 0.3 is 0 Å². The third kappa shape index (κ3) is 5.01. The number of carbonyl (C=O) groups is 1. The van der Waals surface area contributed by atoms with Gasteiger partial charge in [-0.05, 0) is 24.3 Å².